The predicted octanol–water partition coefficient (Wildman–Crippen LogP) is 4.26. The fourth-order valence-electron chi connectivity index (χ4n) is 2.46. The van der Waals surface area contributed by atoms with Crippen LogP contribution in [0.3, 0.4) is 0 Å². The van der Waals surface area contributed by atoms with Crippen LogP contribution in [-0.4, -0.2) is 15.8 Å². The first-order valence-corrected chi connectivity index (χ1v) is 8.25. The van der Waals surface area contributed by atoms with Crippen LogP contribution in [0.25, 0.3) is 0 Å². The highest BCUT2D eigenvalue weighted by molar-refractivity contribution is 8.22. The Labute approximate surface area is 130 Å². The van der Waals surface area contributed by atoms with Gasteiger partial charge in [-0.3, -0.25) is 0 Å². The van der Waals surface area contributed by atoms with Crippen LogP contribution in [0, 0.1) is 0 Å². The molecule has 2 aromatic carbocycles. The van der Waals surface area contributed by atoms with E-state index < -0.39 is 0 Å². The molecule has 0 fully saturated rings. The summed E-state index contributed by atoms with van der Waals surface area (Å²) in [5, 5.41) is 0. The monoisotopic (exact) mass is 299 g/mol. The van der Waals surface area contributed by atoms with E-state index in [1.54, 1.807) is 11.8 Å². The standard InChI is InChI=1S/C17H17NS2/c19-17(20-13-14-6-2-1-3-7-14)18-11-10-15-8-4-5-9-16(15)12-18/h1-9H,10-13H2. The van der Waals surface area contributed by atoms with E-state index in [1.165, 1.54) is 16.7 Å². The van der Waals surface area contributed by atoms with E-state index in [1.807, 2.05) is 6.07 Å². The molecule has 102 valence electrons. The van der Waals surface area contributed by atoms with E-state index in [9.17, 15) is 0 Å². The highest BCUT2D eigenvalue weighted by Gasteiger charge is 2.17. The largest absolute Gasteiger partial charge is 0.353 e. The van der Waals surface area contributed by atoms with Gasteiger partial charge < -0.3 is 4.90 Å². The summed E-state index contributed by atoms with van der Waals surface area (Å²) in [4.78, 5) is 2.32. The van der Waals surface area contributed by atoms with Gasteiger partial charge in [0.2, 0.25) is 0 Å². The zero-order valence-corrected chi connectivity index (χ0v) is 12.9. The molecule has 1 aliphatic heterocycles. The lowest BCUT2D eigenvalue weighted by Gasteiger charge is -2.30. The molecule has 3 rings (SSSR count). The van der Waals surface area contributed by atoms with Gasteiger partial charge >= 0.3 is 0 Å². The molecule has 0 saturated carbocycles. The van der Waals surface area contributed by atoms with Crippen molar-refractivity contribution >= 4 is 28.3 Å². The molecule has 0 N–H and O–H groups in total. The maximum Gasteiger partial charge on any atom is 0.137 e. The third kappa shape index (κ3) is 3.22. The number of hydrogen-bond donors (Lipinski definition) is 0. The molecule has 1 aliphatic rings. The molecular weight excluding hydrogens is 282 g/mol. The van der Waals surface area contributed by atoms with E-state index in [-0.39, 0.29) is 0 Å². The van der Waals surface area contributed by atoms with Crippen molar-refractivity contribution in [3.8, 4) is 0 Å². The minimum Gasteiger partial charge on any atom is -0.353 e. The molecule has 0 aromatic heterocycles. The second kappa shape index (κ2) is 6.42. The zero-order chi connectivity index (χ0) is 13.8. The summed E-state index contributed by atoms with van der Waals surface area (Å²) in [6, 6.07) is 19.2. The molecule has 2 aromatic rings. The fourth-order valence-corrected chi connectivity index (χ4v) is 3.62. The molecule has 20 heavy (non-hydrogen) atoms. The summed E-state index contributed by atoms with van der Waals surface area (Å²) in [6.07, 6.45) is 1.10. The van der Waals surface area contributed by atoms with Crippen molar-refractivity contribution in [2.24, 2.45) is 0 Å². The summed E-state index contributed by atoms with van der Waals surface area (Å²) in [5.41, 5.74) is 4.22. The lowest BCUT2D eigenvalue weighted by atomic mass is 10.0. The van der Waals surface area contributed by atoms with E-state index >= 15 is 0 Å². The minimum absolute atomic E-state index is 0.955. The normalized spacial score (nSPS) is 13.9. The van der Waals surface area contributed by atoms with Crippen molar-refractivity contribution in [1.29, 1.82) is 0 Å². The summed E-state index contributed by atoms with van der Waals surface area (Å²) < 4.78 is 1.02. The lowest BCUT2D eigenvalue weighted by Crippen LogP contribution is -2.33. The van der Waals surface area contributed by atoms with Crippen molar-refractivity contribution in [3.63, 3.8) is 0 Å². The Hall–Kier alpha value is -1.32. The lowest BCUT2D eigenvalue weighted by molar-refractivity contribution is 0.407. The summed E-state index contributed by atoms with van der Waals surface area (Å²) >= 11 is 7.36. The second-order valence-corrected chi connectivity index (χ2v) is 6.59. The van der Waals surface area contributed by atoms with E-state index in [4.69, 9.17) is 12.2 Å². The van der Waals surface area contributed by atoms with Crippen LogP contribution in [-0.2, 0) is 18.7 Å². The molecular formula is C17H17NS2. The number of thioether (sulfide) groups is 1. The Kier molecular flexibility index (Phi) is 4.38. The predicted molar refractivity (Wildman–Crippen MR) is 90.9 cm³/mol. The highest BCUT2D eigenvalue weighted by Crippen LogP contribution is 2.23. The Morgan fingerprint density at radius 3 is 2.50 bits per heavy atom. The maximum absolute atomic E-state index is 5.59. The van der Waals surface area contributed by atoms with Gasteiger partial charge in [0.15, 0.2) is 0 Å². The van der Waals surface area contributed by atoms with Gasteiger partial charge in [-0.1, -0.05) is 78.6 Å². The molecule has 0 amide bonds. The van der Waals surface area contributed by atoms with Crippen LogP contribution in [0.15, 0.2) is 54.6 Å². The average Bonchev–Trinajstić information content (AvgIpc) is 2.53. The molecule has 0 spiro atoms. The van der Waals surface area contributed by atoms with Gasteiger partial charge in [-0.25, -0.2) is 0 Å². The first-order chi connectivity index (χ1) is 9.83. The van der Waals surface area contributed by atoms with Crippen LogP contribution in [0.1, 0.15) is 16.7 Å². The Morgan fingerprint density at radius 2 is 1.70 bits per heavy atom. The SMILES string of the molecule is S=C(SCc1ccccc1)N1CCc2ccccc2C1. The van der Waals surface area contributed by atoms with Crippen LogP contribution in [0.5, 0.6) is 0 Å². The van der Waals surface area contributed by atoms with Gasteiger partial charge in [0.1, 0.15) is 4.32 Å². The first-order valence-electron chi connectivity index (χ1n) is 6.85. The summed E-state index contributed by atoms with van der Waals surface area (Å²) in [6.45, 7) is 1.99. The maximum atomic E-state index is 5.59. The summed E-state index contributed by atoms with van der Waals surface area (Å²) in [7, 11) is 0. The van der Waals surface area contributed by atoms with Gasteiger partial charge in [-0.15, -0.1) is 0 Å². The van der Waals surface area contributed by atoms with Gasteiger partial charge in [0, 0.05) is 18.8 Å². The van der Waals surface area contributed by atoms with Crippen LogP contribution < -0.4 is 0 Å². The quantitative estimate of drug-likeness (QED) is 0.763. The van der Waals surface area contributed by atoms with Gasteiger partial charge in [0.25, 0.3) is 0 Å². The average molecular weight is 299 g/mol. The minimum atomic E-state index is 0.955. The number of thiocarbonyl (C=S) groups is 1. The molecule has 0 aliphatic carbocycles. The van der Waals surface area contributed by atoms with Gasteiger partial charge in [-0.2, -0.15) is 0 Å². The van der Waals surface area contributed by atoms with Crippen molar-refractivity contribution in [3.05, 3.63) is 71.3 Å². The molecule has 0 unspecified atom stereocenters. The number of nitrogens with zero attached hydrogens (tertiary/aromatic N) is 1. The third-order valence-electron chi connectivity index (χ3n) is 3.59. The number of benzene rings is 2. The molecule has 3 heteroatoms. The Balaban J connectivity index is 1.59. The first kappa shape index (κ1) is 13.7. The molecule has 0 bridgehead atoms. The van der Waals surface area contributed by atoms with Crippen molar-refractivity contribution in [2.45, 2.75) is 18.7 Å². The zero-order valence-electron chi connectivity index (χ0n) is 11.3. The number of hydrogen-bond acceptors (Lipinski definition) is 2. The Morgan fingerprint density at radius 1 is 1.00 bits per heavy atom. The molecule has 1 heterocycles. The van der Waals surface area contributed by atoms with E-state index in [2.05, 4.69) is 53.4 Å². The van der Waals surface area contributed by atoms with Crippen LogP contribution in [0.4, 0.5) is 0 Å². The highest BCUT2D eigenvalue weighted by atomic mass is 32.2. The third-order valence-corrected chi connectivity index (χ3v) is 5.19. The van der Waals surface area contributed by atoms with Crippen molar-refractivity contribution in [2.75, 3.05) is 6.54 Å². The van der Waals surface area contributed by atoms with Crippen molar-refractivity contribution < 1.29 is 0 Å². The van der Waals surface area contributed by atoms with Gasteiger partial charge in [-0.05, 0) is 23.1 Å². The smallest absolute Gasteiger partial charge is 0.137 e. The van der Waals surface area contributed by atoms with E-state index in [0.29, 0.717) is 0 Å². The van der Waals surface area contributed by atoms with Crippen molar-refractivity contribution in [1.82, 2.24) is 4.90 Å². The molecule has 0 atom stereocenters. The second-order valence-electron chi connectivity index (χ2n) is 4.98. The molecule has 0 radical (unpaired) electrons. The summed E-state index contributed by atoms with van der Waals surface area (Å²) in [5.74, 6) is 0.956. The van der Waals surface area contributed by atoms with E-state index in [0.717, 1.165) is 29.6 Å². The topological polar surface area (TPSA) is 3.24 Å². The number of fused-ring (bicyclic) bond motifs is 1. The fraction of sp³-hybridized carbons (Fsp3) is 0.235. The van der Waals surface area contributed by atoms with Crippen LogP contribution >= 0.6 is 24.0 Å². The number of rotatable bonds is 2. The molecule has 0 saturated heterocycles. The van der Waals surface area contributed by atoms with Gasteiger partial charge in [0.05, 0.1) is 0 Å². The Bertz CT molecular complexity index is 595. The molecule has 1 nitrogen and oxygen atoms in total. The van der Waals surface area contributed by atoms with Crippen LogP contribution in [0.2, 0.25) is 0 Å².